The summed E-state index contributed by atoms with van der Waals surface area (Å²) in [6.45, 7) is 6.51. The van der Waals surface area contributed by atoms with E-state index in [0.29, 0.717) is 62.5 Å². The monoisotopic (exact) mass is 605 g/mol. The van der Waals surface area contributed by atoms with Gasteiger partial charge in [0.1, 0.15) is 24.4 Å². The molecule has 3 atom stereocenters. The number of carbonyl (C=O) groups is 4. The van der Waals surface area contributed by atoms with Gasteiger partial charge in [-0.1, -0.05) is 30.3 Å². The van der Waals surface area contributed by atoms with Crippen LogP contribution in [0, 0.1) is 0 Å². The van der Waals surface area contributed by atoms with Gasteiger partial charge in [-0.25, -0.2) is 4.98 Å². The van der Waals surface area contributed by atoms with Crippen molar-refractivity contribution in [3.8, 4) is 11.5 Å². The molecule has 0 saturated carbocycles. The molecule has 0 unspecified atom stereocenters. The maximum atomic E-state index is 13.4. The van der Waals surface area contributed by atoms with E-state index < -0.39 is 35.8 Å². The molecule has 1 aromatic heterocycles. The van der Waals surface area contributed by atoms with Crippen LogP contribution >= 0.6 is 0 Å². The molecule has 0 saturated heterocycles. The SMILES string of the molecule is CCOc1ccc(C(=O)N[C@H]2CCCCNC(=O)[C@H](Cc3ccccc3)NC(=O)c3coc(n3)[C@H](C)NC2=O)cc1OCC. The quantitative estimate of drug-likeness (QED) is 0.305. The van der Waals surface area contributed by atoms with E-state index in [-0.39, 0.29) is 17.5 Å². The number of nitrogens with one attached hydrogen (secondary N) is 4. The average molecular weight is 606 g/mol. The molecular weight excluding hydrogens is 566 g/mol. The first-order valence-electron chi connectivity index (χ1n) is 14.9. The van der Waals surface area contributed by atoms with Gasteiger partial charge in [0, 0.05) is 18.5 Å². The van der Waals surface area contributed by atoms with Gasteiger partial charge in [0.25, 0.3) is 11.8 Å². The molecule has 2 bridgehead atoms. The minimum Gasteiger partial charge on any atom is -0.490 e. The van der Waals surface area contributed by atoms with Gasteiger partial charge in [-0.15, -0.1) is 0 Å². The van der Waals surface area contributed by atoms with Gasteiger partial charge in [0.2, 0.25) is 17.7 Å². The Morgan fingerprint density at radius 3 is 2.48 bits per heavy atom. The van der Waals surface area contributed by atoms with Gasteiger partial charge in [-0.2, -0.15) is 0 Å². The number of rotatable bonds is 8. The van der Waals surface area contributed by atoms with Crippen molar-refractivity contribution in [2.75, 3.05) is 19.8 Å². The van der Waals surface area contributed by atoms with Gasteiger partial charge < -0.3 is 35.2 Å². The van der Waals surface area contributed by atoms with Crippen LogP contribution in [0.15, 0.2) is 59.2 Å². The summed E-state index contributed by atoms with van der Waals surface area (Å²) in [6.07, 6.45) is 2.87. The van der Waals surface area contributed by atoms with Gasteiger partial charge in [-0.3, -0.25) is 19.2 Å². The van der Waals surface area contributed by atoms with Crippen LogP contribution in [0.5, 0.6) is 11.5 Å². The average Bonchev–Trinajstić information content (AvgIpc) is 3.52. The van der Waals surface area contributed by atoms with Crippen LogP contribution in [0.2, 0.25) is 0 Å². The summed E-state index contributed by atoms with van der Waals surface area (Å²) in [5.74, 6) is -0.744. The smallest absolute Gasteiger partial charge is 0.273 e. The summed E-state index contributed by atoms with van der Waals surface area (Å²) in [5, 5.41) is 11.3. The highest BCUT2D eigenvalue weighted by molar-refractivity contribution is 5.98. The lowest BCUT2D eigenvalue weighted by molar-refractivity contribution is -0.124. The molecule has 0 aliphatic carbocycles. The molecular formula is C32H39N5O7. The van der Waals surface area contributed by atoms with Crippen molar-refractivity contribution in [2.24, 2.45) is 0 Å². The second-order valence-corrected chi connectivity index (χ2v) is 10.4. The van der Waals surface area contributed by atoms with Gasteiger partial charge >= 0.3 is 0 Å². The van der Waals surface area contributed by atoms with Crippen molar-refractivity contribution in [3.05, 3.63) is 77.5 Å². The Morgan fingerprint density at radius 2 is 1.73 bits per heavy atom. The minimum absolute atomic E-state index is 0.0236. The fraction of sp³-hybridized carbons (Fsp3) is 0.406. The summed E-state index contributed by atoms with van der Waals surface area (Å²) < 4.78 is 16.7. The number of benzene rings is 2. The summed E-state index contributed by atoms with van der Waals surface area (Å²) in [5.41, 5.74) is 1.17. The molecule has 2 heterocycles. The highest BCUT2D eigenvalue weighted by atomic mass is 16.5. The van der Waals surface area contributed by atoms with E-state index in [9.17, 15) is 19.2 Å². The van der Waals surface area contributed by atoms with Crippen LogP contribution < -0.4 is 30.7 Å². The highest BCUT2D eigenvalue weighted by Gasteiger charge is 2.28. The minimum atomic E-state index is -0.890. The van der Waals surface area contributed by atoms with Crippen LogP contribution in [0.3, 0.4) is 0 Å². The molecule has 4 N–H and O–H groups in total. The second-order valence-electron chi connectivity index (χ2n) is 10.4. The molecule has 4 rings (SSSR count). The number of hydrogen-bond acceptors (Lipinski definition) is 8. The van der Waals surface area contributed by atoms with Gasteiger partial charge in [-0.05, 0) is 63.8 Å². The second kappa shape index (κ2) is 15.6. The zero-order valence-corrected chi connectivity index (χ0v) is 25.2. The number of hydrogen-bond donors (Lipinski definition) is 4. The zero-order chi connectivity index (χ0) is 31.5. The molecule has 0 spiro atoms. The first-order valence-corrected chi connectivity index (χ1v) is 14.9. The van der Waals surface area contributed by atoms with Gasteiger partial charge in [0.15, 0.2) is 17.2 Å². The van der Waals surface area contributed by atoms with E-state index in [2.05, 4.69) is 26.3 Å². The number of amides is 4. The van der Waals surface area contributed by atoms with Crippen LogP contribution in [-0.2, 0) is 16.0 Å². The Bertz CT molecular complexity index is 1440. The van der Waals surface area contributed by atoms with E-state index in [1.807, 2.05) is 44.2 Å². The van der Waals surface area contributed by atoms with E-state index in [1.54, 1.807) is 25.1 Å². The normalized spacial score (nSPS) is 19.7. The van der Waals surface area contributed by atoms with E-state index in [1.165, 1.54) is 6.26 Å². The van der Waals surface area contributed by atoms with Crippen LogP contribution in [0.25, 0.3) is 0 Å². The van der Waals surface area contributed by atoms with Crippen molar-refractivity contribution >= 4 is 23.6 Å². The number of oxazole rings is 1. The number of carbonyl (C=O) groups excluding carboxylic acids is 4. The van der Waals surface area contributed by atoms with Crippen molar-refractivity contribution in [2.45, 2.75) is 64.6 Å². The lowest BCUT2D eigenvalue weighted by Gasteiger charge is -2.21. The number of fused-ring (bicyclic) bond motifs is 2. The topological polar surface area (TPSA) is 161 Å². The Balaban J connectivity index is 1.52. The van der Waals surface area contributed by atoms with Crippen LogP contribution in [-0.4, -0.2) is 60.5 Å². The molecule has 12 nitrogen and oxygen atoms in total. The summed E-state index contributed by atoms with van der Waals surface area (Å²) in [6, 6.07) is 11.8. The Kier molecular flexibility index (Phi) is 11.3. The molecule has 1 aliphatic heterocycles. The zero-order valence-electron chi connectivity index (χ0n) is 25.2. The van der Waals surface area contributed by atoms with E-state index >= 15 is 0 Å². The molecule has 2 aromatic carbocycles. The number of nitrogens with zero attached hydrogens (tertiary/aromatic N) is 1. The first kappa shape index (κ1) is 32.1. The summed E-state index contributed by atoms with van der Waals surface area (Å²) >= 11 is 0. The van der Waals surface area contributed by atoms with Crippen LogP contribution in [0.1, 0.15) is 78.4 Å². The van der Waals surface area contributed by atoms with E-state index in [4.69, 9.17) is 13.9 Å². The molecule has 1 aliphatic rings. The van der Waals surface area contributed by atoms with Crippen molar-refractivity contribution in [1.82, 2.24) is 26.3 Å². The predicted octanol–water partition coefficient (Wildman–Crippen LogP) is 3.09. The Morgan fingerprint density at radius 1 is 0.977 bits per heavy atom. The predicted molar refractivity (Wildman–Crippen MR) is 161 cm³/mol. The van der Waals surface area contributed by atoms with E-state index in [0.717, 1.165) is 5.56 Å². The number of ether oxygens (including phenoxy) is 2. The van der Waals surface area contributed by atoms with Gasteiger partial charge in [0.05, 0.1) is 13.2 Å². The third kappa shape index (κ3) is 8.59. The molecule has 0 fully saturated rings. The molecule has 234 valence electrons. The standard InChI is InChI=1S/C32H39N5O7/c1-4-42-26-15-14-22(18-27(26)43-5-2)28(38)35-23-13-9-10-16-33-29(39)24(17-21-11-7-6-8-12-21)36-31(41)25-19-44-32(37-25)20(3)34-30(23)40/h6-8,11-12,14-15,18-20,23-24H,4-5,9-10,13,16-17H2,1-3H3,(H,33,39)(H,34,40)(H,35,38)(H,36,41)/t20-,23-,24-/m0/s1. The molecule has 0 radical (unpaired) electrons. The summed E-state index contributed by atoms with van der Waals surface area (Å²) in [7, 11) is 0. The fourth-order valence-corrected chi connectivity index (χ4v) is 4.77. The summed E-state index contributed by atoms with van der Waals surface area (Å²) in [4.78, 5) is 57.0. The molecule has 4 amide bonds. The third-order valence-corrected chi connectivity index (χ3v) is 7.03. The lowest BCUT2D eigenvalue weighted by atomic mass is 10.0. The number of aromatic nitrogens is 1. The largest absolute Gasteiger partial charge is 0.490 e. The Labute approximate surface area is 256 Å². The fourth-order valence-electron chi connectivity index (χ4n) is 4.77. The maximum absolute atomic E-state index is 13.4. The van der Waals surface area contributed by atoms with Crippen molar-refractivity contribution < 1.29 is 33.1 Å². The first-order chi connectivity index (χ1) is 21.3. The third-order valence-electron chi connectivity index (χ3n) is 7.03. The Hall–Kier alpha value is -4.87. The van der Waals surface area contributed by atoms with Crippen LogP contribution in [0.4, 0.5) is 0 Å². The molecule has 12 heteroatoms. The molecule has 3 aromatic rings. The molecule has 44 heavy (non-hydrogen) atoms. The maximum Gasteiger partial charge on any atom is 0.273 e. The van der Waals surface area contributed by atoms with Crippen molar-refractivity contribution in [1.29, 1.82) is 0 Å². The lowest BCUT2D eigenvalue weighted by Crippen LogP contribution is -2.49. The highest BCUT2D eigenvalue weighted by Crippen LogP contribution is 2.28. The van der Waals surface area contributed by atoms with Crippen molar-refractivity contribution in [3.63, 3.8) is 0 Å².